The first-order valence-corrected chi connectivity index (χ1v) is 5.75. The SMILES string of the molecule is CN[C@@H](CO)C(=O)N(C=O)c1ccc(Br)cc1. The molecule has 0 aromatic heterocycles. The smallest absolute Gasteiger partial charge is 0.253 e. The van der Waals surface area contributed by atoms with Gasteiger partial charge in [-0.1, -0.05) is 15.9 Å². The van der Waals surface area contributed by atoms with E-state index in [0.29, 0.717) is 12.1 Å². The molecule has 0 unspecified atom stereocenters. The maximum atomic E-state index is 11.9. The van der Waals surface area contributed by atoms with E-state index in [1.165, 1.54) is 0 Å². The highest BCUT2D eigenvalue weighted by molar-refractivity contribution is 9.10. The monoisotopic (exact) mass is 300 g/mol. The molecule has 17 heavy (non-hydrogen) atoms. The van der Waals surface area contributed by atoms with Gasteiger partial charge in [0, 0.05) is 4.47 Å². The highest BCUT2D eigenvalue weighted by Gasteiger charge is 2.23. The van der Waals surface area contributed by atoms with Gasteiger partial charge >= 0.3 is 0 Å². The van der Waals surface area contributed by atoms with Crippen LogP contribution in [0.5, 0.6) is 0 Å². The number of carbonyl (C=O) groups excluding carboxylic acids is 2. The van der Waals surface area contributed by atoms with Crippen molar-refractivity contribution in [3.8, 4) is 0 Å². The van der Waals surface area contributed by atoms with Crippen LogP contribution in [0.2, 0.25) is 0 Å². The molecule has 2 N–H and O–H groups in total. The van der Waals surface area contributed by atoms with Crippen molar-refractivity contribution >= 4 is 33.9 Å². The van der Waals surface area contributed by atoms with Gasteiger partial charge in [-0.3, -0.25) is 14.5 Å². The number of amides is 2. The Bertz CT molecular complexity index is 390. The molecule has 0 fully saturated rings. The van der Waals surface area contributed by atoms with Crippen molar-refractivity contribution in [3.63, 3.8) is 0 Å². The van der Waals surface area contributed by atoms with Crippen LogP contribution in [0, 0.1) is 0 Å². The van der Waals surface area contributed by atoms with Crippen molar-refractivity contribution in [1.29, 1.82) is 0 Å². The number of aliphatic hydroxyl groups is 1. The van der Waals surface area contributed by atoms with E-state index in [9.17, 15) is 9.59 Å². The zero-order valence-corrected chi connectivity index (χ0v) is 10.8. The quantitative estimate of drug-likeness (QED) is 0.778. The molecule has 1 aromatic rings. The van der Waals surface area contributed by atoms with E-state index in [4.69, 9.17) is 5.11 Å². The Kier molecular flexibility index (Phi) is 5.27. The molecule has 92 valence electrons. The molecule has 0 aliphatic heterocycles. The van der Waals surface area contributed by atoms with Crippen molar-refractivity contribution in [2.24, 2.45) is 0 Å². The first-order chi connectivity index (χ1) is 8.13. The van der Waals surface area contributed by atoms with Crippen LogP contribution in [0.4, 0.5) is 5.69 Å². The van der Waals surface area contributed by atoms with Gasteiger partial charge in [0.15, 0.2) is 0 Å². The summed E-state index contributed by atoms with van der Waals surface area (Å²) in [4.78, 5) is 23.8. The minimum atomic E-state index is -0.788. The Labute approximate surface area is 108 Å². The Hall–Kier alpha value is -1.24. The lowest BCUT2D eigenvalue weighted by atomic mass is 10.2. The number of carbonyl (C=O) groups is 2. The van der Waals surface area contributed by atoms with Crippen LogP contribution in [0.15, 0.2) is 28.7 Å². The van der Waals surface area contributed by atoms with Gasteiger partial charge in [-0.15, -0.1) is 0 Å². The van der Waals surface area contributed by atoms with Gasteiger partial charge in [-0.2, -0.15) is 0 Å². The summed E-state index contributed by atoms with van der Waals surface area (Å²) in [5.41, 5.74) is 0.460. The number of rotatable bonds is 5. The average molecular weight is 301 g/mol. The van der Waals surface area contributed by atoms with E-state index in [1.807, 2.05) is 0 Å². The largest absolute Gasteiger partial charge is 0.394 e. The zero-order valence-electron chi connectivity index (χ0n) is 9.26. The molecule has 0 bridgehead atoms. The van der Waals surface area contributed by atoms with Gasteiger partial charge in [-0.05, 0) is 31.3 Å². The number of nitrogens with one attached hydrogen (secondary N) is 1. The fourth-order valence-corrected chi connectivity index (χ4v) is 1.57. The van der Waals surface area contributed by atoms with E-state index < -0.39 is 11.9 Å². The number of benzene rings is 1. The van der Waals surface area contributed by atoms with E-state index in [-0.39, 0.29) is 6.61 Å². The fraction of sp³-hybridized carbons (Fsp3) is 0.273. The molecular weight excluding hydrogens is 288 g/mol. The molecule has 1 atom stereocenters. The average Bonchev–Trinajstić information content (AvgIpc) is 2.34. The van der Waals surface area contributed by atoms with Crippen LogP contribution in [0.25, 0.3) is 0 Å². The van der Waals surface area contributed by atoms with Gasteiger partial charge in [-0.25, -0.2) is 0 Å². The summed E-state index contributed by atoms with van der Waals surface area (Å²) in [7, 11) is 1.54. The fourth-order valence-electron chi connectivity index (χ4n) is 1.30. The molecule has 5 nitrogen and oxygen atoms in total. The zero-order chi connectivity index (χ0) is 12.8. The van der Waals surface area contributed by atoms with Gasteiger partial charge in [0.05, 0.1) is 12.3 Å². The third-order valence-electron chi connectivity index (χ3n) is 2.28. The Morgan fingerprint density at radius 3 is 2.53 bits per heavy atom. The molecule has 0 aliphatic rings. The molecular formula is C11H13BrN2O3. The Balaban J connectivity index is 2.95. The molecule has 0 spiro atoms. The number of imide groups is 1. The molecule has 0 saturated carbocycles. The van der Waals surface area contributed by atoms with Gasteiger partial charge in [0.25, 0.3) is 5.91 Å². The summed E-state index contributed by atoms with van der Waals surface area (Å²) >= 11 is 3.27. The standard InChI is InChI=1S/C11H13BrN2O3/c1-13-10(6-15)11(17)14(7-16)9-4-2-8(12)3-5-9/h2-5,7,10,13,15H,6H2,1H3/t10-/m0/s1. The molecule has 2 amide bonds. The van der Waals surface area contributed by atoms with Crippen LogP contribution in [0.1, 0.15) is 0 Å². The molecule has 0 aliphatic carbocycles. The summed E-state index contributed by atoms with van der Waals surface area (Å²) in [5, 5.41) is 11.6. The van der Waals surface area contributed by atoms with E-state index in [1.54, 1.807) is 31.3 Å². The van der Waals surface area contributed by atoms with Crippen LogP contribution in [-0.4, -0.2) is 37.1 Å². The van der Waals surface area contributed by atoms with Crippen molar-refractivity contribution in [3.05, 3.63) is 28.7 Å². The van der Waals surface area contributed by atoms with Gasteiger partial charge in [0.1, 0.15) is 6.04 Å². The lowest BCUT2D eigenvalue weighted by Crippen LogP contribution is -2.47. The van der Waals surface area contributed by atoms with Gasteiger partial charge < -0.3 is 10.4 Å². The summed E-state index contributed by atoms with van der Waals surface area (Å²) in [5.74, 6) is -0.493. The number of likely N-dealkylation sites (N-methyl/N-ethyl adjacent to an activating group) is 1. The van der Waals surface area contributed by atoms with E-state index in [2.05, 4.69) is 21.2 Å². The topological polar surface area (TPSA) is 69.6 Å². The predicted molar refractivity (Wildman–Crippen MR) is 67.6 cm³/mol. The molecule has 1 rings (SSSR count). The number of hydrogen-bond acceptors (Lipinski definition) is 4. The normalized spacial score (nSPS) is 11.9. The molecule has 0 radical (unpaired) electrons. The second kappa shape index (κ2) is 6.48. The highest BCUT2D eigenvalue weighted by Crippen LogP contribution is 2.18. The second-order valence-electron chi connectivity index (χ2n) is 3.31. The minimum Gasteiger partial charge on any atom is -0.394 e. The lowest BCUT2D eigenvalue weighted by Gasteiger charge is -2.20. The number of aliphatic hydroxyl groups excluding tert-OH is 1. The number of nitrogens with zero attached hydrogens (tertiary/aromatic N) is 1. The van der Waals surface area contributed by atoms with Crippen molar-refractivity contribution in [1.82, 2.24) is 5.32 Å². The van der Waals surface area contributed by atoms with Gasteiger partial charge in [0.2, 0.25) is 6.41 Å². The number of anilines is 1. The van der Waals surface area contributed by atoms with E-state index in [0.717, 1.165) is 9.37 Å². The third kappa shape index (κ3) is 3.36. The highest BCUT2D eigenvalue weighted by atomic mass is 79.9. The van der Waals surface area contributed by atoms with Crippen molar-refractivity contribution < 1.29 is 14.7 Å². The summed E-state index contributed by atoms with van der Waals surface area (Å²) in [6.07, 6.45) is 0.436. The van der Waals surface area contributed by atoms with Crippen LogP contribution in [0.3, 0.4) is 0 Å². The minimum absolute atomic E-state index is 0.365. The molecule has 0 heterocycles. The molecule has 1 aromatic carbocycles. The van der Waals surface area contributed by atoms with Crippen LogP contribution in [-0.2, 0) is 9.59 Å². The molecule has 0 saturated heterocycles. The Morgan fingerprint density at radius 2 is 2.12 bits per heavy atom. The Morgan fingerprint density at radius 1 is 1.53 bits per heavy atom. The maximum Gasteiger partial charge on any atom is 0.253 e. The lowest BCUT2D eigenvalue weighted by molar-refractivity contribution is -0.124. The second-order valence-corrected chi connectivity index (χ2v) is 4.23. The summed E-state index contributed by atoms with van der Waals surface area (Å²) < 4.78 is 0.854. The molecule has 6 heteroatoms. The number of halogens is 1. The summed E-state index contributed by atoms with van der Waals surface area (Å²) in [6.45, 7) is -0.365. The van der Waals surface area contributed by atoms with Crippen LogP contribution >= 0.6 is 15.9 Å². The first kappa shape index (κ1) is 13.8. The van der Waals surface area contributed by atoms with Crippen molar-refractivity contribution in [2.45, 2.75) is 6.04 Å². The summed E-state index contributed by atoms with van der Waals surface area (Å²) in [6, 6.07) is 5.95. The number of hydrogen-bond donors (Lipinski definition) is 2. The predicted octanol–water partition coefficient (Wildman–Crippen LogP) is 0.519. The first-order valence-electron chi connectivity index (χ1n) is 4.96. The van der Waals surface area contributed by atoms with Crippen molar-refractivity contribution in [2.75, 3.05) is 18.6 Å². The van der Waals surface area contributed by atoms with E-state index >= 15 is 0 Å². The maximum absolute atomic E-state index is 11.9. The third-order valence-corrected chi connectivity index (χ3v) is 2.81. The van der Waals surface area contributed by atoms with Crippen LogP contribution < -0.4 is 10.2 Å².